The number of carboxylic acid groups (broad SMARTS) is 1. The number of aldehydes is 1. The number of aromatic nitrogens is 9. The number of benzene rings is 10. The third-order valence-corrected chi connectivity index (χ3v) is 24.0. The smallest absolute Gasteiger partial charge is 0.446 e. The summed E-state index contributed by atoms with van der Waals surface area (Å²) in [6, 6.07) is 61.9. The lowest BCUT2D eigenvalue weighted by molar-refractivity contribution is -0.156. The number of carboxylic acids is 1. The van der Waals surface area contributed by atoms with Crippen LogP contribution in [0.3, 0.4) is 0 Å². The maximum absolute atomic E-state index is 14.9. The van der Waals surface area contributed by atoms with E-state index in [1.807, 2.05) is 134 Å². The molecule has 16 rings (SSSR count). The molecule has 0 bridgehead atoms. The van der Waals surface area contributed by atoms with Crippen molar-refractivity contribution < 1.29 is 73.7 Å². The summed E-state index contributed by atoms with van der Waals surface area (Å²) in [5.41, 5.74) is 10.7. The van der Waals surface area contributed by atoms with Crippen LogP contribution in [-0.2, 0) is 74.6 Å². The Labute approximate surface area is 798 Å². The molecule has 6 N–H and O–H groups in total. The molecule has 0 saturated carbocycles. The number of aryl methyl sites for hydroxylation is 3. The highest BCUT2D eigenvalue weighted by Gasteiger charge is 2.42. The lowest BCUT2D eigenvalue weighted by Crippen LogP contribution is -2.53. The fourth-order valence-electron chi connectivity index (χ4n) is 16.8. The lowest BCUT2D eigenvalue weighted by Gasteiger charge is -2.39. The van der Waals surface area contributed by atoms with Crippen molar-refractivity contribution in [1.82, 2.24) is 53.0 Å². The molecule has 0 aliphatic rings. The number of rotatable bonds is 25. The molecule has 30 nitrogen and oxygen atoms in total. The van der Waals surface area contributed by atoms with Gasteiger partial charge in [-0.2, -0.15) is 26.3 Å². The van der Waals surface area contributed by atoms with Crippen molar-refractivity contribution in [2.24, 2.45) is 26.9 Å². The Morgan fingerprint density at radius 2 is 0.787 bits per heavy atom. The second-order valence-electron chi connectivity index (χ2n) is 33.5. The number of carbonyl (C=O) groups is 5. The van der Waals surface area contributed by atoms with E-state index < -0.39 is 142 Å². The van der Waals surface area contributed by atoms with Gasteiger partial charge in [-0.25, -0.2) is 41.7 Å². The van der Waals surface area contributed by atoms with Gasteiger partial charge in [-0.05, 0) is 156 Å². The van der Waals surface area contributed by atoms with Gasteiger partial charge in [0.25, 0.3) is 22.6 Å². The Morgan fingerprint density at radius 3 is 1.09 bits per heavy atom. The van der Waals surface area contributed by atoms with E-state index in [0.717, 1.165) is 54.0 Å². The van der Waals surface area contributed by atoms with Gasteiger partial charge >= 0.3 is 47.3 Å². The predicted octanol–water partition coefficient (Wildman–Crippen LogP) is 12.8. The largest absolute Gasteiger partial charge is 0.480 e. The van der Waals surface area contributed by atoms with E-state index >= 15 is 0 Å². The van der Waals surface area contributed by atoms with Crippen molar-refractivity contribution in [1.29, 1.82) is 0 Å². The summed E-state index contributed by atoms with van der Waals surface area (Å²) in [4.78, 5) is 161. The minimum absolute atomic E-state index is 0.108. The summed E-state index contributed by atoms with van der Waals surface area (Å²) < 4.78 is 118. The summed E-state index contributed by atoms with van der Waals surface area (Å²) in [7, 11) is 18.7. The Hall–Kier alpha value is -16.6. The third kappa shape index (κ3) is 21.3. The number of anilines is 4. The predicted molar refractivity (Wildman–Crippen MR) is 524 cm³/mol. The van der Waals surface area contributed by atoms with Crippen LogP contribution in [0.25, 0.3) is 82.5 Å². The van der Waals surface area contributed by atoms with Gasteiger partial charge in [-0.3, -0.25) is 67.5 Å². The number of methoxy groups -OCH3 is 2. The second kappa shape index (κ2) is 42.5. The fourth-order valence-corrected chi connectivity index (χ4v) is 16.8. The maximum atomic E-state index is 14.9. The van der Waals surface area contributed by atoms with Crippen LogP contribution in [0.5, 0.6) is 0 Å². The number of carbonyl (C=O) groups excluding carboxylic acids is 4. The van der Waals surface area contributed by atoms with Crippen LogP contribution in [-0.4, -0.2) is 171 Å². The summed E-state index contributed by atoms with van der Waals surface area (Å²) in [6.45, 7) is 1.23. The van der Waals surface area contributed by atoms with Crippen molar-refractivity contribution in [3.05, 3.63) is 362 Å². The third-order valence-electron chi connectivity index (χ3n) is 24.0. The molecular formula is C103H96F8N16O14. The summed E-state index contributed by atoms with van der Waals surface area (Å²) in [6.07, 6.45) is -6.18. The number of ether oxygens (including phenoxy) is 2. The quantitative estimate of drug-likeness (QED) is 0.0154. The number of alkyl halides is 6. The highest BCUT2D eigenvalue weighted by molar-refractivity contribution is 5.99. The normalized spacial score (nSPS) is 12.4. The minimum Gasteiger partial charge on any atom is -0.480 e. The number of esters is 2. The van der Waals surface area contributed by atoms with Gasteiger partial charge in [0.15, 0.2) is 0 Å². The molecule has 0 spiro atoms. The maximum Gasteiger partial charge on any atom is 0.446 e. The summed E-state index contributed by atoms with van der Waals surface area (Å²) in [5.74, 6) is -7.00. The number of nitrogens with zero attached hydrogens (tertiary/aromatic N) is 12. The van der Waals surface area contributed by atoms with Gasteiger partial charge in [-0.15, -0.1) is 0 Å². The molecule has 6 aromatic heterocycles. The van der Waals surface area contributed by atoms with Gasteiger partial charge < -0.3 is 45.6 Å². The SMILES string of the molecule is CC[C@@H](Nc1cc(F)c(C(=O)N[C@@H](Cc2ccc(-n3c(=O)c4cc(N(C)C)ccc4n(C)c3=O)c3ncccc23)C(=O)O)c(F)c1)C(F)(F)F.COC(=O)[C@@H](N)Cc1ccc(-n2c(=O)c3cc(N(C)C)ccc3n(C)c2=O)c2ncccc12.COC(=O)[C@H](Cc1ccc(-n2c(=O)c3cc(N(C)C)ccc3n(C)c2=O)c2ncccc12)NC(c1ccccc1)(c1ccccc1)c1ccccc1.O=CC(F)(F)F. The van der Waals surface area contributed by atoms with Gasteiger partial charge in [0.05, 0.1) is 86.1 Å². The van der Waals surface area contributed by atoms with Gasteiger partial charge in [-0.1, -0.05) is 134 Å². The number of fused-ring (bicyclic) bond motifs is 6. The number of nitrogens with two attached hydrogens (primary N) is 1. The Balaban J connectivity index is 0.000000177. The van der Waals surface area contributed by atoms with Crippen LogP contribution < -0.4 is 70.1 Å². The van der Waals surface area contributed by atoms with E-state index in [2.05, 4.69) is 57.0 Å². The first-order chi connectivity index (χ1) is 67.1. The standard InChI is InChI=1S/C43H39N5O4.C34H31F5N6O5.C24H25N5O4.C2HF3O/c1-46(2)33-23-25-37-35(28-33)40(49)48(42(51)47(37)3)38-24-22-29(34-21-14-26-44-39(34)38)27-36(41(50)52-4)45-43(30-15-8-5-9-16-30,31-17-10-6-11-18-31)32-19-12-7-13-20-32;1-5-27(34(37,38)39)41-18-14-22(35)28(23(36)15-18)30(46)42-24(32(48)49)13-17-8-10-26(29-20(17)7-6-12-40-29)45-31(47)21-16-19(43(2)3)9-11-25(21)44(4)33(45)50;1-27(2)15-8-10-19-17(13-15)22(30)29(24(32)28(19)3)20-9-7-14(12-18(25)23(31)33-4)16-6-5-11-26-21(16)20;3-2(4,5)1-6/h5-26,28,36,45H,27H2,1-4H3;6-12,14-16,24,27,41H,5,13H2,1-4H3,(H,42,46)(H,48,49);5-11,13,18H,12,25H2,1-4H3;1H/t36-;24-,27+;18-;/m000./s1. The first-order valence-corrected chi connectivity index (χ1v) is 43.7. The first kappa shape index (κ1) is 102. The monoisotopic (exact) mass is 1930 g/mol. The van der Waals surface area contributed by atoms with Crippen molar-refractivity contribution in [2.75, 3.05) is 76.5 Å². The van der Waals surface area contributed by atoms with Crippen molar-refractivity contribution >= 4 is 118 Å². The molecule has 0 aliphatic heterocycles. The number of nitrogens with one attached hydrogen (secondary N) is 3. The molecule has 0 saturated heterocycles. The van der Waals surface area contributed by atoms with Crippen molar-refractivity contribution in [3.8, 4) is 17.1 Å². The van der Waals surface area contributed by atoms with E-state index in [-0.39, 0.29) is 29.4 Å². The molecule has 0 unspecified atom stereocenters. The molecule has 141 heavy (non-hydrogen) atoms. The first-order valence-electron chi connectivity index (χ1n) is 43.7. The van der Waals surface area contributed by atoms with Crippen molar-refractivity contribution in [3.63, 3.8) is 0 Å². The van der Waals surface area contributed by atoms with Crippen LogP contribution in [0.2, 0.25) is 0 Å². The van der Waals surface area contributed by atoms with Crippen molar-refractivity contribution in [2.45, 2.75) is 74.7 Å². The topological polar surface area (TPSA) is 367 Å². The van der Waals surface area contributed by atoms with Crippen LogP contribution >= 0.6 is 0 Å². The number of halogens is 8. The molecule has 4 atom stereocenters. The molecule has 728 valence electrons. The zero-order valence-electron chi connectivity index (χ0n) is 78.1. The van der Waals surface area contributed by atoms with E-state index in [9.17, 15) is 88.2 Å². The highest BCUT2D eigenvalue weighted by Crippen LogP contribution is 2.40. The van der Waals surface area contributed by atoms with Crippen LogP contribution in [0.1, 0.15) is 57.1 Å². The number of amides is 1. The molecular weight excluding hydrogens is 1840 g/mol. The highest BCUT2D eigenvalue weighted by atomic mass is 19.4. The molecule has 10 aromatic carbocycles. The average Bonchev–Trinajstić information content (AvgIpc) is 0.755. The molecule has 0 radical (unpaired) electrons. The van der Waals surface area contributed by atoms with E-state index in [0.29, 0.717) is 83.6 Å². The number of hydrogen-bond acceptors (Lipinski definition) is 22. The Morgan fingerprint density at radius 1 is 0.454 bits per heavy atom. The fraction of sp³-hybridized carbons (Fsp3) is 0.223. The van der Waals surface area contributed by atoms with Gasteiger partial charge in [0.2, 0.25) is 6.29 Å². The zero-order chi connectivity index (χ0) is 102. The van der Waals surface area contributed by atoms with Gasteiger partial charge in [0, 0.05) is 127 Å². The number of pyridine rings is 3. The summed E-state index contributed by atoms with van der Waals surface area (Å²) >= 11 is 0. The molecule has 0 fully saturated rings. The molecule has 6 heterocycles. The van der Waals surface area contributed by atoms with E-state index in [1.165, 1.54) is 70.9 Å². The summed E-state index contributed by atoms with van der Waals surface area (Å²) in [5, 5.41) is 20.6. The average molecular weight is 1930 g/mol. The van der Waals surface area contributed by atoms with Crippen LogP contribution in [0, 0.1) is 11.6 Å². The minimum atomic E-state index is -4.71. The molecule has 38 heteroatoms. The molecule has 0 aliphatic carbocycles. The number of hydrogen-bond donors (Lipinski definition) is 5. The number of aliphatic carboxylic acids is 1. The van der Waals surface area contributed by atoms with E-state index in [1.54, 1.807) is 118 Å². The lowest BCUT2D eigenvalue weighted by atomic mass is 9.76. The molecule has 1 amide bonds. The van der Waals surface area contributed by atoms with Crippen LogP contribution in [0.15, 0.2) is 278 Å². The van der Waals surface area contributed by atoms with Crippen LogP contribution in [0.4, 0.5) is 57.9 Å². The van der Waals surface area contributed by atoms with E-state index in [4.69, 9.17) is 25.0 Å². The molecule has 16 aromatic rings. The Kier molecular flexibility index (Phi) is 30.7. The zero-order valence-corrected chi connectivity index (χ0v) is 78.1. The van der Waals surface area contributed by atoms with Gasteiger partial charge in [0.1, 0.15) is 41.4 Å². The Bertz CT molecular complexity index is 7770. The second-order valence-corrected chi connectivity index (χ2v) is 33.5.